The first kappa shape index (κ1) is 25.5. The zero-order valence-corrected chi connectivity index (χ0v) is 21.7. The van der Waals surface area contributed by atoms with Crippen molar-refractivity contribution in [1.29, 1.82) is 0 Å². The highest BCUT2D eigenvalue weighted by atomic mass is 16.7. The summed E-state index contributed by atoms with van der Waals surface area (Å²) in [7, 11) is 0. The molecule has 6 fully saturated rings. The van der Waals surface area contributed by atoms with Crippen molar-refractivity contribution in [2.75, 3.05) is 6.61 Å². The van der Waals surface area contributed by atoms with Crippen molar-refractivity contribution in [1.82, 2.24) is 0 Å². The maximum atomic E-state index is 12.1. The van der Waals surface area contributed by atoms with Gasteiger partial charge in [-0.2, -0.15) is 0 Å². The number of carbonyl (C=O) groups excluding carboxylic acids is 1. The van der Waals surface area contributed by atoms with Crippen molar-refractivity contribution in [2.24, 2.45) is 34.5 Å². The summed E-state index contributed by atoms with van der Waals surface area (Å²) in [6.07, 6.45) is 5.02. The predicted octanol–water partition coefficient (Wildman–Crippen LogP) is 2.29. The summed E-state index contributed by atoms with van der Waals surface area (Å²) in [6.45, 7) is 4.46. The Morgan fingerprint density at radius 2 is 1.69 bits per heavy atom. The Balaban J connectivity index is 1.14. The zero-order valence-electron chi connectivity index (χ0n) is 21.7. The zero-order chi connectivity index (χ0) is 25.5. The number of rotatable bonds is 3. The van der Waals surface area contributed by atoms with Gasteiger partial charge in [-0.1, -0.05) is 13.8 Å². The number of aliphatic hydroxyl groups excluding tert-OH is 4. The highest BCUT2D eigenvalue weighted by Gasteiger charge is 2.67. The van der Waals surface area contributed by atoms with Gasteiger partial charge in [0.05, 0.1) is 12.7 Å². The van der Waals surface area contributed by atoms with Gasteiger partial charge in [-0.25, -0.2) is 0 Å². The van der Waals surface area contributed by atoms with Gasteiger partial charge in [0.1, 0.15) is 30.0 Å². The second-order valence-electron chi connectivity index (χ2n) is 13.3. The normalized spacial score (nSPS) is 56.7. The average Bonchev–Trinajstić information content (AvgIpc) is 3.39. The van der Waals surface area contributed by atoms with Crippen molar-refractivity contribution in [3.8, 4) is 0 Å². The Bertz CT molecular complexity index is 864. The van der Waals surface area contributed by atoms with Crippen molar-refractivity contribution in [3.63, 3.8) is 0 Å². The Morgan fingerprint density at radius 3 is 2.42 bits per heavy atom. The molecule has 0 radical (unpaired) electrons. The summed E-state index contributed by atoms with van der Waals surface area (Å²) in [5, 5.41) is 40.1. The van der Waals surface area contributed by atoms with Crippen LogP contribution in [0.25, 0.3) is 0 Å². The lowest BCUT2D eigenvalue weighted by molar-refractivity contribution is -0.316. The number of esters is 1. The average molecular weight is 509 g/mol. The van der Waals surface area contributed by atoms with E-state index >= 15 is 0 Å². The first-order valence-electron chi connectivity index (χ1n) is 14.3. The van der Waals surface area contributed by atoms with Gasteiger partial charge in [0, 0.05) is 11.8 Å². The third kappa shape index (κ3) is 3.58. The molecule has 0 aromatic carbocycles. The minimum absolute atomic E-state index is 0.00704. The molecule has 13 atom stereocenters. The highest BCUT2D eigenvalue weighted by Crippen LogP contribution is 2.70. The molecular formula is C28H44O8. The predicted molar refractivity (Wildman–Crippen MR) is 128 cm³/mol. The van der Waals surface area contributed by atoms with Gasteiger partial charge in [0.25, 0.3) is 0 Å². The quantitative estimate of drug-likeness (QED) is 0.338. The van der Waals surface area contributed by atoms with Gasteiger partial charge >= 0.3 is 5.97 Å². The lowest BCUT2D eigenvalue weighted by atomic mass is 9.44. The van der Waals surface area contributed by atoms with Crippen LogP contribution in [0.1, 0.15) is 84.5 Å². The first-order chi connectivity index (χ1) is 17.1. The van der Waals surface area contributed by atoms with Crippen LogP contribution in [0.3, 0.4) is 0 Å². The first-order valence-corrected chi connectivity index (χ1v) is 14.3. The molecule has 0 unspecified atom stereocenters. The summed E-state index contributed by atoms with van der Waals surface area (Å²) in [4.78, 5) is 12.1. The maximum absolute atomic E-state index is 12.1. The molecular weight excluding hydrogens is 464 g/mol. The molecule has 6 rings (SSSR count). The minimum Gasteiger partial charge on any atom is -0.458 e. The Labute approximate surface area is 213 Å². The fourth-order valence-corrected chi connectivity index (χ4v) is 10.0. The van der Waals surface area contributed by atoms with E-state index in [1.54, 1.807) is 0 Å². The molecule has 0 aromatic rings. The number of hydrogen-bond donors (Lipinski definition) is 4. The molecule has 2 heterocycles. The summed E-state index contributed by atoms with van der Waals surface area (Å²) in [5.74, 6) is 2.52. The fraction of sp³-hybridized carbons (Fsp3) is 0.964. The van der Waals surface area contributed by atoms with E-state index in [0.717, 1.165) is 44.9 Å². The van der Waals surface area contributed by atoms with Crippen LogP contribution in [-0.2, 0) is 19.0 Å². The van der Waals surface area contributed by atoms with Crippen LogP contribution in [0.2, 0.25) is 0 Å². The van der Waals surface area contributed by atoms with Crippen molar-refractivity contribution in [3.05, 3.63) is 0 Å². The topological polar surface area (TPSA) is 126 Å². The maximum Gasteiger partial charge on any atom is 0.306 e. The molecule has 4 aliphatic carbocycles. The van der Waals surface area contributed by atoms with Crippen LogP contribution < -0.4 is 0 Å². The van der Waals surface area contributed by atoms with E-state index in [2.05, 4.69) is 13.8 Å². The molecule has 6 aliphatic rings. The Hall–Kier alpha value is -0.770. The monoisotopic (exact) mass is 508 g/mol. The van der Waals surface area contributed by atoms with E-state index in [-0.39, 0.29) is 28.5 Å². The van der Waals surface area contributed by atoms with Crippen molar-refractivity contribution < 1.29 is 39.4 Å². The van der Waals surface area contributed by atoms with E-state index in [1.807, 2.05) is 0 Å². The molecule has 8 nitrogen and oxygen atoms in total. The van der Waals surface area contributed by atoms with Crippen LogP contribution >= 0.6 is 0 Å². The minimum atomic E-state index is -1.41. The summed E-state index contributed by atoms with van der Waals surface area (Å²) < 4.78 is 17.9. The number of ether oxygens (including phenoxy) is 3. The third-order valence-electron chi connectivity index (χ3n) is 12.1. The standard InChI is InChI=1S/C28H44O8/c1-26-9-5-16(34-25-24(33)23(32)22(31)20(14-29)35-25)13-15(26)3-4-17-18(26)6-10-27(2)19(17)7-11-28(27)12-8-21(30)36-28/h15-20,22-25,29,31-33H,3-14H2,1-2H3/t15-,16-,17-,18+,19+,20-,22-,23+,24-,25-,26+,27+,28-/m1/s1. The van der Waals surface area contributed by atoms with E-state index in [9.17, 15) is 25.2 Å². The molecule has 36 heavy (non-hydrogen) atoms. The number of hydrogen-bond acceptors (Lipinski definition) is 8. The second-order valence-corrected chi connectivity index (χ2v) is 13.3. The molecule has 2 saturated heterocycles. The summed E-state index contributed by atoms with van der Waals surface area (Å²) in [6, 6.07) is 0. The smallest absolute Gasteiger partial charge is 0.306 e. The highest BCUT2D eigenvalue weighted by molar-refractivity contribution is 5.72. The SMILES string of the molecule is C[C@]12CC[C@@H](O[C@@H]3O[C@H](CO)[C@@H](O)[C@H](O)[C@H]3O)C[C@H]1CC[C@@H]1[C@@H]2CC[C@@]2(C)[C@H]1CC[C@@]21CCC(=O)O1. The van der Waals surface area contributed by atoms with E-state index in [0.29, 0.717) is 30.1 Å². The van der Waals surface area contributed by atoms with Crippen molar-refractivity contribution >= 4 is 5.97 Å². The van der Waals surface area contributed by atoms with Crippen LogP contribution in [0.4, 0.5) is 0 Å². The number of aliphatic hydroxyl groups is 4. The molecule has 0 amide bonds. The Kier molecular flexibility index (Phi) is 6.29. The van der Waals surface area contributed by atoms with Gasteiger partial charge < -0.3 is 34.6 Å². The molecule has 2 aliphatic heterocycles. The lowest BCUT2D eigenvalue weighted by Crippen LogP contribution is -2.60. The van der Waals surface area contributed by atoms with Gasteiger partial charge in [0.2, 0.25) is 0 Å². The summed E-state index contributed by atoms with van der Waals surface area (Å²) in [5.41, 5.74) is 0.128. The molecule has 8 heteroatoms. The summed E-state index contributed by atoms with van der Waals surface area (Å²) >= 11 is 0. The van der Waals surface area contributed by atoms with E-state index < -0.39 is 37.3 Å². The molecule has 4 N–H and O–H groups in total. The third-order valence-corrected chi connectivity index (χ3v) is 12.1. The van der Waals surface area contributed by atoms with Gasteiger partial charge in [-0.15, -0.1) is 0 Å². The largest absolute Gasteiger partial charge is 0.458 e. The second kappa shape index (κ2) is 8.88. The van der Waals surface area contributed by atoms with Gasteiger partial charge in [-0.3, -0.25) is 4.79 Å². The molecule has 4 saturated carbocycles. The van der Waals surface area contributed by atoms with Crippen LogP contribution in [0.15, 0.2) is 0 Å². The molecule has 204 valence electrons. The van der Waals surface area contributed by atoms with Gasteiger partial charge in [0.15, 0.2) is 6.29 Å². The number of fused-ring (bicyclic) bond motifs is 6. The van der Waals surface area contributed by atoms with Crippen molar-refractivity contribution in [2.45, 2.75) is 127 Å². The van der Waals surface area contributed by atoms with Crippen LogP contribution in [-0.4, -0.2) is 75.4 Å². The van der Waals surface area contributed by atoms with E-state index in [4.69, 9.17) is 14.2 Å². The van der Waals surface area contributed by atoms with Gasteiger partial charge in [-0.05, 0) is 93.3 Å². The van der Waals surface area contributed by atoms with Crippen LogP contribution in [0.5, 0.6) is 0 Å². The van der Waals surface area contributed by atoms with Crippen LogP contribution in [0, 0.1) is 34.5 Å². The van der Waals surface area contributed by atoms with E-state index in [1.165, 1.54) is 19.3 Å². The Morgan fingerprint density at radius 1 is 0.917 bits per heavy atom. The molecule has 1 spiro atoms. The lowest BCUT2D eigenvalue weighted by Gasteiger charge is -2.61. The molecule has 0 aromatic heterocycles. The fourth-order valence-electron chi connectivity index (χ4n) is 10.0. The molecule has 0 bridgehead atoms. The number of carbonyl (C=O) groups is 1.